The van der Waals surface area contributed by atoms with Crippen LogP contribution in [0.15, 0.2) is 34.8 Å². The Kier molecular flexibility index (Phi) is 3.12. The molecule has 1 aromatic heterocycles. The lowest BCUT2D eigenvalue weighted by Crippen LogP contribution is -1.89. The van der Waals surface area contributed by atoms with E-state index in [1.54, 1.807) is 6.07 Å². The van der Waals surface area contributed by atoms with Crippen LogP contribution >= 0.6 is 27.3 Å². The molecule has 0 aliphatic heterocycles. The quantitative estimate of drug-likeness (QED) is 0.902. The number of rotatable bonds is 2. The molecule has 2 nitrogen and oxygen atoms in total. The van der Waals surface area contributed by atoms with E-state index in [0.717, 1.165) is 20.5 Å². The zero-order valence-corrected chi connectivity index (χ0v) is 10.9. The van der Waals surface area contributed by atoms with E-state index >= 15 is 0 Å². The number of halogens is 1. The van der Waals surface area contributed by atoms with Gasteiger partial charge >= 0.3 is 5.97 Å². The minimum atomic E-state index is -0.864. The van der Waals surface area contributed by atoms with Gasteiger partial charge in [0.25, 0.3) is 0 Å². The highest BCUT2D eigenvalue weighted by Crippen LogP contribution is 2.31. The minimum absolute atomic E-state index is 0.385. The summed E-state index contributed by atoms with van der Waals surface area (Å²) in [6, 6.07) is 9.58. The summed E-state index contributed by atoms with van der Waals surface area (Å²) in [6.07, 6.45) is 0. The number of carboxylic acid groups (broad SMARTS) is 1. The fourth-order valence-corrected chi connectivity index (χ4v) is 2.65. The van der Waals surface area contributed by atoms with E-state index in [1.165, 1.54) is 11.3 Å². The third-order valence-electron chi connectivity index (χ3n) is 2.28. The van der Waals surface area contributed by atoms with Crippen LogP contribution in [0.25, 0.3) is 11.1 Å². The van der Waals surface area contributed by atoms with E-state index in [2.05, 4.69) is 15.9 Å². The molecule has 0 spiro atoms. The van der Waals surface area contributed by atoms with Gasteiger partial charge in [-0.3, -0.25) is 0 Å². The van der Waals surface area contributed by atoms with E-state index in [0.29, 0.717) is 4.88 Å². The van der Waals surface area contributed by atoms with Crippen molar-refractivity contribution in [3.63, 3.8) is 0 Å². The fraction of sp³-hybridized carbons (Fsp3) is 0.0833. The third-order valence-corrected chi connectivity index (χ3v) is 3.85. The number of benzene rings is 1. The molecule has 82 valence electrons. The Morgan fingerprint density at radius 3 is 2.44 bits per heavy atom. The van der Waals surface area contributed by atoms with Crippen LogP contribution in [0.4, 0.5) is 0 Å². The summed E-state index contributed by atoms with van der Waals surface area (Å²) in [5, 5.41) is 8.92. The first kappa shape index (κ1) is 11.4. The molecule has 0 unspecified atom stereocenters. The summed E-state index contributed by atoms with van der Waals surface area (Å²) in [4.78, 5) is 12.3. The Labute approximate surface area is 106 Å². The minimum Gasteiger partial charge on any atom is -0.477 e. The topological polar surface area (TPSA) is 37.3 Å². The van der Waals surface area contributed by atoms with Crippen LogP contribution in [0.2, 0.25) is 0 Å². The van der Waals surface area contributed by atoms with Gasteiger partial charge in [-0.25, -0.2) is 4.79 Å². The lowest BCUT2D eigenvalue weighted by atomic mass is 10.1. The highest BCUT2D eigenvalue weighted by atomic mass is 79.9. The molecule has 1 N–H and O–H groups in total. The van der Waals surface area contributed by atoms with Gasteiger partial charge in [-0.15, -0.1) is 11.3 Å². The van der Waals surface area contributed by atoms with Gasteiger partial charge in [0, 0.05) is 9.35 Å². The molecule has 0 atom stereocenters. The summed E-state index contributed by atoms with van der Waals surface area (Å²) in [7, 11) is 0. The van der Waals surface area contributed by atoms with Crippen molar-refractivity contribution in [2.75, 3.05) is 0 Å². The molecule has 0 saturated heterocycles. The van der Waals surface area contributed by atoms with Crippen molar-refractivity contribution < 1.29 is 9.90 Å². The second kappa shape index (κ2) is 4.39. The number of carbonyl (C=O) groups is 1. The van der Waals surface area contributed by atoms with Crippen molar-refractivity contribution in [2.24, 2.45) is 0 Å². The van der Waals surface area contributed by atoms with Crippen molar-refractivity contribution in [2.45, 2.75) is 6.92 Å². The predicted octanol–water partition coefficient (Wildman–Crippen LogP) is 4.18. The van der Waals surface area contributed by atoms with Crippen LogP contribution < -0.4 is 0 Å². The molecular formula is C12H9BrO2S. The molecule has 0 aliphatic rings. The van der Waals surface area contributed by atoms with Crippen molar-refractivity contribution >= 4 is 33.2 Å². The Morgan fingerprint density at radius 2 is 1.94 bits per heavy atom. The van der Waals surface area contributed by atoms with Gasteiger partial charge in [0.15, 0.2) is 0 Å². The Bertz CT molecular complexity index is 528. The monoisotopic (exact) mass is 296 g/mol. The highest BCUT2D eigenvalue weighted by Gasteiger charge is 2.11. The highest BCUT2D eigenvalue weighted by molar-refractivity contribution is 9.10. The second-order valence-electron chi connectivity index (χ2n) is 3.39. The van der Waals surface area contributed by atoms with Crippen LogP contribution in [-0.4, -0.2) is 11.1 Å². The molecule has 4 heteroatoms. The van der Waals surface area contributed by atoms with Crippen LogP contribution in [0.1, 0.15) is 14.5 Å². The van der Waals surface area contributed by atoms with Crippen molar-refractivity contribution in [1.29, 1.82) is 0 Å². The number of thiophene rings is 1. The fourth-order valence-electron chi connectivity index (χ4n) is 1.50. The van der Waals surface area contributed by atoms with Gasteiger partial charge in [-0.05, 0) is 36.2 Å². The molecular weight excluding hydrogens is 288 g/mol. The number of hydrogen-bond acceptors (Lipinski definition) is 2. The van der Waals surface area contributed by atoms with Gasteiger partial charge < -0.3 is 5.11 Å². The lowest BCUT2D eigenvalue weighted by Gasteiger charge is -1.99. The normalized spacial score (nSPS) is 10.4. The standard InChI is InChI=1S/C12H9BrO2S/c1-7-10(6-11(16-7)12(14)15)8-2-4-9(13)5-3-8/h2-6H,1H3,(H,14,15). The third kappa shape index (κ3) is 2.18. The summed E-state index contributed by atoms with van der Waals surface area (Å²) in [5.41, 5.74) is 2.04. The molecule has 0 fully saturated rings. The Hall–Kier alpha value is -1.13. The Balaban J connectivity index is 2.47. The summed E-state index contributed by atoms with van der Waals surface area (Å²) in [6.45, 7) is 1.94. The first-order valence-corrected chi connectivity index (χ1v) is 6.28. The number of aromatic carboxylic acids is 1. The number of carboxylic acids is 1. The molecule has 1 aromatic carbocycles. The van der Waals surface area contributed by atoms with E-state index in [4.69, 9.17) is 5.11 Å². The van der Waals surface area contributed by atoms with Gasteiger partial charge in [0.05, 0.1) is 0 Å². The molecule has 0 aliphatic carbocycles. The SMILES string of the molecule is Cc1sc(C(=O)O)cc1-c1ccc(Br)cc1. The second-order valence-corrected chi connectivity index (χ2v) is 5.56. The first-order valence-electron chi connectivity index (χ1n) is 4.67. The maximum Gasteiger partial charge on any atom is 0.345 e. The number of aryl methyl sites for hydroxylation is 1. The predicted molar refractivity (Wildman–Crippen MR) is 69.2 cm³/mol. The van der Waals surface area contributed by atoms with Crippen LogP contribution in [0, 0.1) is 6.92 Å². The maximum absolute atomic E-state index is 10.9. The summed E-state index contributed by atoms with van der Waals surface area (Å²) < 4.78 is 1.02. The van der Waals surface area contributed by atoms with E-state index in [-0.39, 0.29) is 0 Å². The molecule has 0 saturated carbocycles. The lowest BCUT2D eigenvalue weighted by molar-refractivity contribution is 0.0702. The molecule has 2 aromatic rings. The zero-order chi connectivity index (χ0) is 11.7. The zero-order valence-electron chi connectivity index (χ0n) is 8.53. The van der Waals surface area contributed by atoms with E-state index in [1.807, 2.05) is 31.2 Å². The first-order chi connectivity index (χ1) is 7.58. The van der Waals surface area contributed by atoms with E-state index < -0.39 is 5.97 Å². The molecule has 0 bridgehead atoms. The van der Waals surface area contributed by atoms with Crippen molar-refractivity contribution in [3.8, 4) is 11.1 Å². The van der Waals surface area contributed by atoms with Crippen LogP contribution in [0.3, 0.4) is 0 Å². The Morgan fingerprint density at radius 1 is 1.31 bits per heavy atom. The van der Waals surface area contributed by atoms with Crippen LogP contribution in [-0.2, 0) is 0 Å². The van der Waals surface area contributed by atoms with Gasteiger partial charge in [0.1, 0.15) is 4.88 Å². The molecule has 0 amide bonds. The van der Waals surface area contributed by atoms with Gasteiger partial charge in [-0.2, -0.15) is 0 Å². The van der Waals surface area contributed by atoms with Crippen LogP contribution in [0.5, 0.6) is 0 Å². The molecule has 1 heterocycles. The molecule has 0 radical (unpaired) electrons. The van der Waals surface area contributed by atoms with Gasteiger partial charge in [-0.1, -0.05) is 28.1 Å². The maximum atomic E-state index is 10.9. The van der Waals surface area contributed by atoms with E-state index in [9.17, 15) is 4.79 Å². The summed E-state index contributed by atoms with van der Waals surface area (Å²) in [5.74, 6) is -0.864. The van der Waals surface area contributed by atoms with Crippen molar-refractivity contribution in [3.05, 3.63) is 44.6 Å². The van der Waals surface area contributed by atoms with Crippen molar-refractivity contribution in [1.82, 2.24) is 0 Å². The summed E-state index contributed by atoms with van der Waals surface area (Å²) >= 11 is 4.68. The largest absolute Gasteiger partial charge is 0.477 e. The average Bonchev–Trinajstić information content (AvgIpc) is 2.62. The average molecular weight is 297 g/mol. The number of hydrogen-bond donors (Lipinski definition) is 1. The molecule has 16 heavy (non-hydrogen) atoms. The van der Waals surface area contributed by atoms with Gasteiger partial charge in [0.2, 0.25) is 0 Å². The molecule has 2 rings (SSSR count). The smallest absolute Gasteiger partial charge is 0.345 e.